The van der Waals surface area contributed by atoms with Crippen LogP contribution in [-0.2, 0) is 16.1 Å². The van der Waals surface area contributed by atoms with E-state index in [1.165, 1.54) is 5.56 Å². The highest BCUT2D eigenvalue weighted by Crippen LogP contribution is 2.22. The first-order valence-corrected chi connectivity index (χ1v) is 11.5. The van der Waals surface area contributed by atoms with E-state index in [9.17, 15) is 9.90 Å². The third kappa shape index (κ3) is 6.60. The Morgan fingerprint density at radius 1 is 0.886 bits per heavy atom. The van der Waals surface area contributed by atoms with E-state index >= 15 is 0 Å². The average molecular weight is 469 g/mol. The van der Waals surface area contributed by atoms with Crippen LogP contribution in [0.5, 0.6) is 5.75 Å². The highest BCUT2D eigenvalue weighted by atomic mass is 16.6. The second-order valence-electron chi connectivity index (χ2n) is 8.17. The molecule has 35 heavy (non-hydrogen) atoms. The standard InChI is InChI=1S/C29H28N2O4/c1-21(23-11-13-25(14-12-23)24-6-3-2-4-7-24)31-35-19-18-34-26-15-9-22(10-16-26)20-27(29(32)33)28-8-5-17-30-28/h2-17,27,30H,18-20H2,1H3,(H,32,33)/b31-21-. The van der Waals surface area contributed by atoms with E-state index in [0.29, 0.717) is 31.1 Å². The molecule has 1 heterocycles. The summed E-state index contributed by atoms with van der Waals surface area (Å²) in [6, 6.07) is 29.5. The topological polar surface area (TPSA) is 83.9 Å². The first-order chi connectivity index (χ1) is 17.1. The van der Waals surface area contributed by atoms with E-state index in [0.717, 1.165) is 22.4 Å². The lowest BCUT2D eigenvalue weighted by Crippen LogP contribution is -2.14. The van der Waals surface area contributed by atoms with Crippen molar-refractivity contribution in [1.82, 2.24) is 4.98 Å². The number of benzene rings is 3. The molecule has 0 amide bonds. The van der Waals surface area contributed by atoms with E-state index in [1.54, 1.807) is 18.3 Å². The van der Waals surface area contributed by atoms with Crippen molar-refractivity contribution in [3.8, 4) is 16.9 Å². The number of hydrogen-bond donors (Lipinski definition) is 2. The van der Waals surface area contributed by atoms with Gasteiger partial charge in [0, 0.05) is 11.9 Å². The summed E-state index contributed by atoms with van der Waals surface area (Å²) in [6.07, 6.45) is 2.14. The minimum absolute atomic E-state index is 0.315. The molecule has 0 aliphatic heterocycles. The van der Waals surface area contributed by atoms with Gasteiger partial charge in [0.05, 0.1) is 5.71 Å². The summed E-state index contributed by atoms with van der Waals surface area (Å²) >= 11 is 0. The van der Waals surface area contributed by atoms with Crippen molar-refractivity contribution in [2.24, 2.45) is 5.16 Å². The molecule has 4 rings (SSSR count). The van der Waals surface area contributed by atoms with Gasteiger partial charge in [0.1, 0.15) is 18.3 Å². The Balaban J connectivity index is 1.22. The van der Waals surface area contributed by atoms with E-state index in [-0.39, 0.29) is 0 Å². The number of ether oxygens (including phenoxy) is 1. The molecule has 3 aromatic carbocycles. The molecular formula is C29H28N2O4. The molecule has 6 heteroatoms. The lowest BCUT2D eigenvalue weighted by atomic mass is 9.96. The minimum Gasteiger partial charge on any atom is -0.490 e. The fourth-order valence-corrected chi connectivity index (χ4v) is 3.78. The molecule has 0 radical (unpaired) electrons. The highest BCUT2D eigenvalue weighted by molar-refractivity contribution is 5.98. The number of carboxylic acid groups (broad SMARTS) is 1. The van der Waals surface area contributed by atoms with Crippen LogP contribution in [0.25, 0.3) is 11.1 Å². The largest absolute Gasteiger partial charge is 0.490 e. The summed E-state index contributed by atoms with van der Waals surface area (Å²) in [5.74, 6) is -0.768. The summed E-state index contributed by atoms with van der Waals surface area (Å²) in [4.78, 5) is 20.0. The number of nitrogens with zero attached hydrogens (tertiary/aromatic N) is 1. The number of rotatable bonds is 11. The number of nitrogens with one attached hydrogen (secondary N) is 1. The SMILES string of the molecule is C/C(=N/OCCOc1ccc(CC(C(=O)O)c2ccc[nH]2)cc1)c1ccc(-c2ccccc2)cc1. The molecule has 0 saturated heterocycles. The molecule has 0 aliphatic carbocycles. The third-order valence-electron chi connectivity index (χ3n) is 5.71. The zero-order valence-electron chi connectivity index (χ0n) is 19.6. The molecule has 1 atom stereocenters. The zero-order chi connectivity index (χ0) is 24.5. The molecule has 6 nitrogen and oxygen atoms in total. The quantitative estimate of drug-likeness (QED) is 0.163. The van der Waals surface area contributed by atoms with Gasteiger partial charge in [-0.25, -0.2) is 0 Å². The van der Waals surface area contributed by atoms with Gasteiger partial charge >= 0.3 is 5.97 Å². The van der Waals surface area contributed by atoms with Gasteiger partial charge in [0.2, 0.25) is 0 Å². The maximum absolute atomic E-state index is 11.6. The van der Waals surface area contributed by atoms with Crippen LogP contribution in [0.2, 0.25) is 0 Å². The van der Waals surface area contributed by atoms with Gasteiger partial charge in [-0.15, -0.1) is 0 Å². The van der Waals surface area contributed by atoms with Crippen LogP contribution in [0, 0.1) is 0 Å². The fraction of sp³-hybridized carbons (Fsp3) is 0.172. The molecule has 0 spiro atoms. The van der Waals surface area contributed by atoms with Crippen LogP contribution in [-0.4, -0.2) is 35.0 Å². The van der Waals surface area contributed by atoms with Crippen molar-refractivity contribution in [2.45, 2.75) is 19.3 Å². The summed E-state index contributed by atoms with van der Waals surface area (Å²) in [5.41, 5.74) is 5.75. The summed E-state index contributed by atoms with van der Waals surface area (Å²) in [7, 11) is 0. The summed E-state index contributed by atoms with van der Waals surface area (Å²) < 4.78 is 5.72. The highest BCUT2D eigenvalue weighted by Gasteiger charge is 2.21. The number of hydrogen-bond acceptors (Lipinski definition) is 4. The van der Waals surface area contributed by atoms with Gasteiger partial charge in [-0.2, -0.15) is 0 Å². The van der Waals surface area contributed by atoms with Gasteiger partial charge in [-0.3, -0.25) is 4.79 Å². The van der Waals surface area contributed by atoms with Crippen LogP contribution < -0.4 is 4.74 Å². The molecule has 178 valence electrons. The molecular weight excluding hydrogens is 440 g/mol. The van der Waals surface area contributed by atoms with Gasteiger partial charge < -0.3 is 19.7 Å². The van der Waals surface area contributed by atoms with E-state index in [1.807, 2.05) is 61.5 Å². The summed E-state index contributed by atoms with van der Waals surface area (Å²) in [5, 5.41) is 13.7. The minimum atomic E-state index is -0.854. The average Bonchev–Trinajstić information content (AvgIpc) is 3.43. The number of aromatic amines is 1. The summed E-state index contributed by atoms with van der Waals surface area (Å²) in [6.45, 7) is 2.58. The van der Waals surface area contributed by atoms with Crippen molar-refractivity contribution in [2.75, 3.05) is 13.2 Å². The van der Waals surface area contributed by atoms with E-state index < -0.39 is 11.9 Å². The van der Waals surface area contributed by atoms with E-state index in [2.05, 4.69) is 34.4 Å². The van der Waals surface area contributed by atoms with Crippen molar-refractivity contribution in [3.05, 3.63) is 114 Å². The van der Waals surface area contributed by atoms with Crippen molar-refractivity contribution in [3.63, 3.8) is 0 Å². The lowest BCUT2D eigenvalue weighted by molar-refractivity contribution is -0.138. The van der Waals surface area contributed by atoms with Gasteiger partial charge in [-0.1, -0.05) is 71.9 Å². The third-order valence-corrected chi connectivity index (χ3v) is 5.71. The van der Waals surface area contributed by atoms with Crippen LogP contribution in [0.1, 0.15) is 29.7 Å². The van der Waals surface area contributed by atoms with Crippen molar-refractivity contribution in [1.29, 1.82) is 0 Å². The number of H-pyrrole nitrogens is 1. The molecule has 0 aliphatic rings. The molecule has 2 N–H and O–H groups in total. The van der Waals surface area contributed by atoms with Crippen LogP contribution in [0.3, 0.4) is 0 Å². The Hall–Kier alpha value is -4.32. The first-order valence-electron chi connectivity index (χ1n) is 11.5. The molecule has 0 saturated carbocycles. The van der Waals surface area contributed by atoms with Gasteiger partial charge in [-0.05, 0) is 59.9 Å². The molecule has 1 unspecified atom stereocenters. The van der Waals surface area contributed by atoms with E-state index in [4.69, 9.17) is 9.57 Å². The zero-order valence-corrected chi connectivity index (χ0v) is 19.6. The monoisotopic (exact) mass is 468 g/mol. The van der Waals surface area contributed by atoms with Crippen LogP contribution >= 0.6 is 0 Å². The molecule has 0 bridgehead atoms. The predicted molar refractivity (Wildman–Crippen MR) is 137 cm³/mol. The maximum Gasteiger partial charge on any atom is 0.312 e. The number of oxime groups is 1. The molecule has 0 fully saturated rings. The van der Waals surface area contributed by atoms with Crippen LogP contribution in [0.15, 0.2) is 102 Å². The number of aliphatic carboxylic acids is 1. The second-order valence-corrected chi connectivity index (χ2v) is 8.17. The molecule has 4 aromatic rings. The predicted octanol–water partition coefficient (Wildman–Crippen LogP) is 5.91. The number of carboxylic acids is 1. The lowest BCUT2D eigenvalue weighted by Gasteiger charge is -2.12. The van der Waals surface area contributed by atoms with Crippen LogP contribution in [0.4, 0.5) is 0 Å². The maximum atomic E-state index is 11.6. The Morgan fingerprint density at radius 3 is 2.26 bits per heavy atom. The first kappa shape index (κ1) is 23.8. The number of aromatic nitrogens is 1. The van der Waals surface area contributed by atoms with Gasteiger partial charge in [0.15, 0.2) is 6.61 Å². The Morgan fingerprint density at radius 2 is 1.60 bits per heavy atom. The second kappa shape index (κ2) is 11.7. The molecule has 1 aromatic heterocycles. The fourth-order valence-electron chi connectivity index (χ4n) is 3.78. The van der Waals surface area contributed by atoms with Crippen molar-refractivity contribution >= 4 is 11.7 Å². The van der Waals surface area contributed by atoms with Gasteiger partial charge in [0.25, 0.3) is 0 Å². The Bertz CT molecular complexity index is 1230. The Labute approximate surface area is 204 Å². The Kier molecular flexibility index (Phi) is 7.96. The number of carbonyl (C=O) groups is 1. The smallest absolute Gasteiger partial charge is 0.312 e. The normalized spacial score (nSPS) is 12.2. The van der Waals surface area contributed by atoms with Crippen molar-refractivity contribution < 1.29 is 19.5 Å².